The van der Waals surface area contributed by atoms with Gasteiger partial charge in [0.25, 0.3) is 0 Å². The quantitative estimate of drug-likeness (QED) is 0.874. The molecule has 1 fully saturated rings. The van der Waals surface area contributed by atoms with Gasteiger partial charge in [-0.25, -0.2) is 0 Å². The zero-order valence-corrected chi connectivity index (χ0v) is 14.0. The fraction of sp³-hybridized carbons (Fsp3) is 0.381. The molecule has 3 rings (SSSR count). The van der Waals surface area contributed by atoms with Gasteiger partial charge in [-0.3, -0.25) is 4.79 Å². The van der Waals surface area contributed by atoms with Crippen LogP contribution < -0.4 is 5.32 Å². The zero-order valence-electron chi connectivity index (χ0n) is 14.0. The Kier molecular flexibility index (Phi) is 7.55. The van der Waals surface area contributed by atoms with Crippen LogP contribution in [-0.4, -0.2) is 18.4 Å². The van der Waals surface area contributed by atoms with Gasteiger partial charge in [0.05, 0.1) is 0 Å². The number of hydrogen-bond donors (Lipinski definition) is 1. The lowest BCUT2D eigenvalue weighted by molar-refractivity contribution is -0.119. The summed E-state index contributed by atoms with van der Waals surface area (Å²) in [5.74, 6) is 0.393. The summed E-state index contributed by atoms with van der Waals surface area (Å²) >= 11 is 0. The maximum atomic E-state index is 11.0. The van der Waals surface area contributed by atoms with Gasteiger partial charge >= 0.3 is 0 Å². The molecule has 0 spiro atoms. The first-order valence-electron chi connectivity index (χ1n) is 8.65. The average molecular weight is 309 g/mol. The van der Waals surface area contributed by atoms with E-state index in [0.29, 0.717) is 18.2 Å². The van der Waals surface area contributed by atoms with E-state index < -0.39 is 0 Å². The summed E-state index contributed by atoms with van der Waals surface area (Å²) in [5.41, 5.74) is 2.55. The van der Waals surface area contributed by atoms with E-state index >= 15 is 0 Å². The monoisotopic (exact) mass is 309 g/mol. The first-order chi connectivity index (χ1) is 11.3. The molecule has 0 aromatic heterocycles. The number of piperidine rings is 1. The van der Waals surface area contributed by atoms with Crippen molar-refractivity contribution in [2.75, 3.05) is 6.54 Å². The number of carbonyl (C=O) groups excluding carboxylic acids is 1. The Hall–Kier alpha value is -1.93. The second-order valence-corrected chi connectivity index (χ2v) is 5.98. The van der Waals surface area contributed by atoms with Crippen molar-refractivity contribution in [1.29, 1.82) is 0 Å². The Morgan fingerprint density at radius 3 is 1.96 bits per heavy atom. The van der Waals surface area contributed by atoms with Gasteiger partial charge in [0, 0.05) is 18.9 Å². The molecular weight excluding hydrogens is 282 g/mol. The van der Waals surface area contributed by atoms with Crippen LogP contribution in [0.5, 0.6) is 0 Å². The summed E-state index contributed by atoms with van der Waals surface area (Å²) in [6, 6.07) is 21.3. The van der Waals surface area contributed by atoms with E-state index in [1.807, 2.05) is 19.1 Å². The predicted molar refractivity (Wildman–Crippen MR) is 97.4 cm³/mol. The molecule has 0 amide bonds. The highest BCUT2D eigenvalue weighted by molar-refractivity contribution is 5.78. The standard InChI is InChI=1S/C12H10.C9H17NO/c1-3-7-11(8-4-1)12-9-5-2-6-10-12;1-2-9(11)7-8-5-3-4-6-10-8/h1-10H;8,10H,2-7H2,1H3. The van der Waals surface area contributed by atoms with Crippen LogP contribution in [0.15, 0.2) is 60.7 Å². The van der Waals surface area contributed by atoms with Crippen molar-refractivity contribution in [3.63, 3.8) is 0 Å². The number of nitrogens with one attached hydrogen (secondary N) is 1. The minimum atomic E-state index is 0.393. The molecule has 1 heterocycles. The molecule has 1 atom stereocenters. The van der Waals surface area contributed by atoms with Crippen LogP contribution in [0.25, 0.3) is 11.1 Å². The third-order valence-corrected chi connectivity index (χ3v) is 4.16. The van der Waals surface area contributed by atoms with Crippen LogP contribution in [-0.2, 0) is 4.79 Å². The summed E-state index contributed by atoms with van der Waals surface area (Å²) in [6.07, 6.45) is 5.19. The predicted octanol–water partition coefficient (Wildman–Crippen LogP) is 4.85. The summed E-state index contributed by atoms with van der Waals surface area (Å²) < 4.78 is 0. The third-order valence-electron chi connectivity index (χ3n) is 4.16. The van der Waals surface area contributed by atoms with Crippen LogP contribution in [0.2, 0.25) is 0 Å². The van der Waals surface area contributed by atoms with Gasteiger partial charge in [0.1, 0.15) is 5.78 Å². The van der Waals surface area contributed by atoms with Gasteiger partial charge in [0.15, 0.2) is 0 Å². The van der Waals surface area contributed by atoms with Crippen molar-refractivity contribution in [2.45, 2.75) is 45.1 Å². The lowest BCUT2D eigenvalue weighted by Gasteiger charge is -2.22. The lowest BCUT2D eigenvalue weighted by Crippen LogP contribution is -2.35. The van der Waals surface area contributed by atoms with Gasteiger partial charge in [-0.15, -0.1) is 0 Å². The molecule has 23 heavy (non-hydrogen) atoms. The Morgan fingerprint density at radius 2 is 1.52 bits per heavy atom. The Balaban J connectivity index is 0.000000168. The smallest absolute Gasteiger partial charge is 0.134 e. The molecule has 1 aliphatic rings. The summed E-state index contributed by atoms with van der Waals surface area (Å²) in [6.45, 7) is 3.03. The SMILES string of the molecule is CCC(=O)CC1CCCCN1.c1ccc(-c2ccccc2)cc1. The lowest BCUT2D eigenvalue weighted by atomic mass is 9.99. The molecule has 1 N–H and O–H groups in total. The molecule has 2 aromatic carbocycles. The van der Waals surface area contributed by atoms with E-state index in [9.17, 15) is 4.79 Å². The van der Waals surface area contributed by atoms with Crippen LogP contribution in [0, 0.1) is 0 Å². The molecular formula is C21H27NO. The molecule has 1 saturated heterocycles. The summed E-state index contributed by atoms with van der Waals surface area (Å²) in [4.78, 5) is 11.0. The van der Waals surface area contributed by atoms with E-state index in [4.69, 9.17) is 0 Å². The molecule has 0 radical (unpaired) electrons. The molecule has 2 nitrogen and oxygen atoms in total. The van der Waals surface area contributed by atoms with Crippen LogP contribution in [0.4, 0.5) is 0 Å². The molecule has 2 aromatic rings. The first-order valence-corrected chi connectivity index (χ1v) is 8.65. The number of hydrogen-bond acceptors (Lipinski definition) is 2. The maximum Gasteiger partial charge on any atom is 0.134 e. The number of Topliss-reactive ketones (excluding diaryl/α,β-unsaturated/α-hetero) is 1. The fourth-order valence-corrected chi connectivity index (χ4v) is 2.78. The molecule has 0 bridgehead atoms. The molecule has 1 unspecified atom stereocenters. The van der Waals surface area contributed by atoms with E-state index in [1.54, 1.807) is 0 Å². The molecule has 0 aliphatic carbocycles. The van der Waals surface area contributed by atoms with E-state index in [1.165, 1.54) is 30.4 Å². The third kappa shape index (κ3) is 6.37. The molecule has 2 heteroatoms. The van der Waals surface area contributed by atoms with E-state index in [0.717, 1.165) is 13.0 Å². The van der Waals surface area contributed by atoms with Gasteiger partial charge in [-0.1, -0.05) is 74.0 Å². The second-order valence-electron chi connectivity index (χ2n) is 5.98. The number of benzene rings is 2. The molecule has 122 valence electrons. The Bertz CT molecular complexity index is 521. The number of carbonyl (C=O) groups is 1. The van der Waals surface area contributed by atoms with E-state index in [-0.39, 0.29) is 0 Å². The normalized spacial score (nSPS) is 17.0. The minimum Gasteiger partial charge on any atom is -0.314 e. The van der Waals surface area contributed by atoms with Gasteiger partial charge in [0.2, 0.25) is 0 Å². The van der Waals surface area contributed by atoms with Gasteiger partial charge < -0.3 is 5.32 Å². The maximum absolute atomic E-state index is 11.0. The van der Waals surface area contributed by atoms with Crippen molar-refractivity contribution >= 4 is 5.78 Å². The number of ketones is 1. The first kappa shape index (κ1) is 17.4. The van der Waals surface area contributed by atoms with E-state index in [2.05, 4.69) is 53.8 Å². The average Bonchev–Trinajstić information content (AvgIpc) is 2.64. The Morgan fingerprint density at radius 1 is 0.957 bits per heavy atom. The fourth-order valence-electron chi connectivity index (χ4n) is 2.78. The second kappa shape index (κ2) is 9.96. The van der Waals surface area contributed by atoms with Crippen molar-refractivity contribution in [3.8, 4) is 11.1 Å². The zero-order chi connectivity index (χ0) is 16.3. The van der Waals surface area contributed by atoms with Crippen LogP contribution in [0.3, 0.4) is 0 Å². The number of rotatable bonds is 4. The highest BCUT2D eigenvalue weighted by Gasteiger charge is 2.14. The molecule has 0 saturated carbocycles. The van der Waals surface area contributed by atoms with Crippen molar-refractivity contribution in [1.82, 2.24) is 5.32 Å². The van der Waals surface area contributed by atoms with Crippen molar-refractivity contribution in [3.05, 3.63) is 60.7 Å². The van der Waals surface area contributed by atoms with Crippen LogP contribution in [0.1, 0.15) is 39.0 Å². The van der Waals surface area contributed by atoms with Crippen LogP contribution >= 0.6 is 0 Å². The molecule has 1 aliphatic heterocycles. The van der Waals surface area contributed by atoms with Crippen molar-refractivity contribution in [2.24, 2.45) is 0 Å². The summed E-state index contributed by atoms with van der Waals surface area (Å²) in [5, 5.41) is 3.36. The Labute approximate surface area is 139 Å². The largest absolute Gasteiger partial charge is 0.314 e. The highest BCUT2D eigenvalue weighted by atomic mass is 16.1. The van der Waals surface area contributed by atoms with Gasteiger partial charge in [-0.05, 0) is 30.5 Å². The minimum absolute atomic E-state index is 0.393. The summed E-state index contributed by atoms with van der Waals surface area (Å²) in [7, 11) is 0. The van der Waals surface area contributed by atoms with Gasteiger partial charge in [-0.2, -0.15) is 0 Å². The van der Waals surface area contributed by atoms with Crippen molar-refractivity contribution < 1.29 is 4.79 Å². The topological polar surface area (TPSA) is 29.1 Å². The highest BCUT2D eigenvalue weighted by Crippen LogP contribution is 2.17.